The summed E-state index contributed by atoms with van der Waals surface area (Å²) in [4.78, 5) is 0. The van der Waals surface area contributed by atoms with Crippen molar-refractivity contribution in [1.82, 2.24) is 0 Å². The summed E-state index contributed by atoms with van der Waals surface area (Å²) in [5, 5.41) is 2.70. The van der Waals surface area contributed by atoms with Crippen LogP contribution in [0.15, 0.2) is 60.7 Å². The minimum Gasteiger partial charge on any atom is -0.407 e. The van der Waals surface area contributed by atoms with Gasteiger partial charge in [-0.2, -0.15) is 0 Å². The van der Waals surface area contributed by atoms with Crippen molar-refractivity contribution >= 4 is 18.7 Å². The molecule has 1 unspecified atom stereocenters. The van der Waals surface area contributed by atoms with E-state index in [1.807, 2.05) is 0 Å². The molecule has 0 heterocycles. The zero-order valence-electron chi connectivity index (χ0n) is 19.8. The molecule has 1 aliphatic rings. The first kappa shape index (κ1) is 21.8. The van der Waals surface area contributed by atoms with E-state index in [1.165, 1.54) is 10.4 Å². The first-order valence-electron chi connectivity index (χ1n) is 11.9. The van der Waals surface area contributed by atoms with Gasteiger partial charge in [0.05, 0.1) is 6.10 Å². The summed E-state index contributed by atoms with van der Waals surface area (Å²) in [6.07, 6.45) is 4.29. The normalized spacial score (nSPS) is 21.8. The highest BCUT2D eigenvalue weighted by Crippen LogP contribution is 2.38. The van der Waals surface area contributed by atoms with Crippen molar-refractivity contribution in [3.05, 3.63) is 60.7 Å². The summed E-state index contributed by atoms with van der Waals surface area (Å²) in [7, 11) is -2.46. The van der Waals surface area contributed by atoms with Gasteiger partial charge in [0, 0.05) is 14.6 Å². The molecule has 1 fully saturated rings. The molecule has 2 aromatic carbocycles. The molecule has 3 nitrogen and oxygen atoms in total. The predicted octanol–water partition coefficient (Wildman–Crippen LogP) is 4.49. The van der Waals surface area contributed by atoms with Crippen LogP contribution in [0.4, 0.5) is 0 Å². The monoisotopic (exact) mass is 426 g/mol. The topological polar surface area (TPSA) is 44.5 Å². The Morgan fingerprint density at radius 3 is 1.93 bits per heavy atom. The molecule has 0 saturated heterocycles. The Labute approximate surface area is 185 Å². The van der Waals surface area contributed by atoms with Crippen molar-refractivity contribution in [2.75, 3.05) is 19.8 Å². The van der Waals surface area contributed by atoms with E-state index in [0.29, 0.717) is 19.1 Å². The lowest BCUT2D eigenvalue weighted by Crippen LogP contribution is -2.67. The van der Waals surface area contributed by atoms with Crippen molar-refractivity contribution in [3.8, 4) is 0 Å². The average molecular weight is 427 g/mol. The number of nitrogens with two attached hydrogens (primary N) is 1. The average Bonchev–Trinajstić information content (AvgIpc) is 2.79. The standard InChI is InChI=1S/C26H39NO2Si/c1-26(2,3)30(24-11-6-4-7-12-24,25-13-8-5-9-14-25)29-21-22-15-17-23(18-16-22)28-20-10-19-27/h4-9,11-14,22-23H,10,15-21,27H2,1-3H3/i10D. The van der Waals surface area contributed by atoms with Gasteiger partial charge in [0.2, 0.25) is 0 Å². The number of benzene rings is 2. The molecule has 0 radical (unpaired) electrons. The minimum absolute atomic E-state index is 0.0153. The number of hydrogen-bond donors (Lipinski definition) is 1. The van der Waals surface area contributed by atoms with E-state index in [9.17, 15) is 0 Å². The predicted molar refractivity (Wildman–Crippen MR) is 129 cm³/mol. The van der Waals surface area contributed by atoms with E-state index >= 15 is 0 Å². The quantitative estimate of drug-likeness (QED) is 0.601. The number of ether oxygens (including phenoxy) is 1. The third-order valence-corrected chi connectivity index (χ3v) is 11.4. The molecular formula is C26H39NO2Si. The van der Waals surface area contributed by atoms with Gasteiger partial charge in [-0.3, -0.25) is 0 Å². The Hall–Kier alpha value is -1.46. The third-order valence-electron chi connectivity index (χ3n) is 6.36. The molecule has 2 N–H and O–H groups in total. The van der Waals surface area contributed by atoms with E-state index < -0.39 is 8.32 Å². The van der Waals surface area contributed by atoms with Gasteiger partial charge < -0.3 is 14.9 Å². The van der Waals surface area contributed by atoms with E-state index in [-0.39, 0.29) is 17.5 Å². The lowest BCUT2D eigenvalue weighted by molar-refractivity contribution is 0.0120. The highest BCUT2D eigenvalue weighted by Gasteiger charge is 2.50. The summed E-state index contributed by atoms with van der Waals surface area (Å²) in [5.74, 6) is 0.558. The largest absolute Gasteiger partial charge is 0.407 e. The molecule has 1 saturated carbocycles. The van der Waals surface area contributed by atoms with E-state index in [4.69, 9.17) is 16.3 Å². The maximum Gasteiger partial charge on any atom is 0.261 e. The van der Waals surface area contributed by atoms with Gasteiger partial charge in [-0.15, -0.1) is 0 Å². The van der Waals surface area contributed by atoms with E-state index in [2.05, 4.69) is 81.4 Å². The van der Waals surface area contributed by atoms with Crippen LogP contribution in [0.3, 0.4) is 0 Å². The Morgan fingerprint density at radius 2 is 1.47 bits per heavy atom. The summed E-state index contributed by atoms with van der Waals surface area (Å²) < 4.78 is 20.8. The van der Waals surface area contributed by atoms with Crippen LogP contribution in [0.25, 0.3) is 0 Å². The molecule has 164 valence electrons. The summed E-state index contributed by atoms with van der Waals surface area (Å²) in [6.45, 7) is 8.60. The Morgan fingerprint density at radius 1 is 0.933 bits per heavy atom. The Balaban J connectivity index is 1.74. The molecule has 0 bridgehead atoms. The molecule has 0 amide bonds. The van der Waals surface area contributed by atoms with Crippen LogP contribution in [0.2, 0.25) is 5.04 Å². The SMILES string of the molecule is [2H]C(CN)COC1CCC(CO[Si](c2ccccc2)(c2ccccc2)C(C)(C)C)CC1. The first-order chi connectivity index (χ1) is 14.9. The highest BCUT2D eigenvalue weighted by atomic mass is 28.4. The molecule has 4 heteroatoms. The minimum atomic E-state index is -2.46. The van der Waals surface area contributed by atoms with E-state index in [0.717, 1.165) is 32.3 Å². The van der Waals surface area contributed by atoms with Crippen molar-refractivity contribution in [3.63, 3.8) is 0 Å². The van der Waals surface area contributed by atoms with Crippen molar-refractivity contribution in [2.45, 2.75) is 64.0 Å². The molecule has 0 spiro atoms. The molecule has 0 aliphatic heterocycles. The summed E-state index contributed by atoms with van der Waals surface area (Å²) >= 11 is 0. The molecular weight excluding hydrogens is 386 g/mol. The highest BCUT2D eigenvalue weighted by molar-refractivity contribution is 6.99. The second-order valence-electron chi connectivity index (χ2n) is 9.47. The fraction of sp³-hybridized carbons (Fsp3) is 0.538. The van der Waals surface area contributed by atoms with Crippen molar-refractivity contribution in [2.24, 2.45) is 11.7 Å². The van der Waals surface area contributed by atoms with Gasteiger partial charge in [-0.1, -0.05) is 81.4 Å². The smallest absolute Gasteiger partial charge is 0.261 e. The summed E-state index contributed by atoms with van der Waals surface area (Å²) in [6, 6.07) is 21.7. The van der Waals surface area contributed by atoms with Crippen LogP contribution in [0.5, 0.6) is 0 Å². The van der Waals surface area contributed by atoms with Gasteiger partial charge in [0.25, 0.3) is 8.32 Å². The van der Waals surface area contributed by atoms with Crippen LogP contribution in [-0.2, 0) is 9.16 Å². The fourth-order valence-corrected chi connectivity index (χ4v) is 9.38. The number of hydrogen-bond acceptors (Lipinski definition) is 3. The fourth-order valence-electron chi connectivity index (χ4n) is 4.74. The Bertz CT molecular complexity index is 733. The van der Waals surface area contributed by atoms with Gasteiger partial charge in [-0.25, -0.2) is 0 Å². The van der Waals surface area contributed by atoms with Crippen molar-refractivity contribution < 1.29 is 10.5 Å². The second-order valence-corrected chi connectivity index (χ2v) is 13.8. The van der Waals surface area contributed by atoms with Gasteiger partial charge in [0.1, 0.15) is 0 Å². The first-order valence-corrected chi connectivity index (χ1v) is 13.3. The van der Waals surface area contributed by atoms with Gasteiger partial charge >= 0.3 is 0 Å². The van der Waals surface area contributed by atoms with E-state index in [1.54, 1.807) is 0 Å². The lowest BCUT2D eigenvalue weighted by atomic mass is 9.88. The number of rotatable bonds is 9. The molecule has 1 atom stereocenters. The zero-order chi connectivity index (χ0) is 22.3. The Kier molecular flexibility index (Phi) is 7.77. The molecule has 1 aliphatic carbocycles. The zero-order valence-corrected chi connectivity index (χ0v) is 19.8. The summed E-state index contributed by atoms with van der Waals surface area (Å²) in [5.41, 5.74) is 5.54. The lowest BCUT2D eigenvalue weighted by Gasteiger charge is -2.44. The maximum atomic E-state index is 7.77. The van der Waals surface area contributed by atoms with Crippen LogP contribution >= 0.6 is 0 Å². The maximum absolute atomic E-state index is 7.77. The second kappa shape index (κ2) is 10.7. The molecule has 3 rings (SSSR count). The van der Waals surface area contributed by atoms with Gasteiger partial charge in [0.15, 0.2) is 0 Å². The van der Waals surface area contributed by atoms with Gasteiger partial charge in [-0.05, 0) is 60.0 Å². The third kappa shape index (κ3) is 5.41. The molecule has 30 heavy (non-hydrogen) atoms. The van der Waals surface area contributed by atoms with Crippen LogP contribution in [0, 0.1) is 5.92 Å². The van der Waals surface area contributed by atoms with Crippen LogP contribution in [-0.4, -0.2) is 34.2 Å². The molecule has 2 aromatic rings. The molecule has 0 aromatic heterocycles. The van der Waals surface area contributed by atoms with Crippen molar-refractivity contribution in [1.29, 1.82) is 0 Å². The van der Waals surface area contributed by atoms with Crippen LogP contribution in [0.1, 0.15) is 54.2 Å². The van der Waals surface area contributed by atoms with Crippen LogP contribution < -0.4 is 16.1 Å².